The van der Waals surface area contributed by atoms with Gasteiger partial charge in [0, 0.05) is 37.5 Å². The average molecular weight is 379 g/mol. The Bertz CT molecular complexity index is 843. The number of hydrogen-bond donors (Lipinski definition) is 1. The summed E-state index contributed by atoms with van der Waals surface area (Å²) in [5, 5.41) is 0. The van der Waals surface area contributed by atoms with E-state index in [2.05, 4.69) is 9.71 Å². The maximum absolute atomic E-state index is 13.2. The third kappa shape index (κ3) is 4.78. The third-order valence-electron chi connectivity index (χ3n) is 4.33. The topological polar surface area (TPSA) is 71.5 Å². The second kappa shape index (κ2) is 8.11. The SMILES string of the molecule is CC1CCCCN1S(=O)(=O)NCc1ccc(Oc2cccc(F)c2)nc1. The van der Waals surface area contributed by atoms with Gasteiger partial charge in [-0.1, -0.05) is 18.6 Å². The molecule has 1 aromatic heterocycles. The van der Waals surface area contributed by atoms with Crippen LogP contribution < -0.4 is 9.46 Å². The summed E-state index contributed by atoms with van der Waals surface area (Å²) < 4.78 is 47.7. The van der Waals surface area contributed by atoms with Crippen LogP contribution in [0.25, 0.3) is 0 Å². The van der Waals surface area contributed by atoms with Gasteiger partial charge in [0.15, 0.2) is 0 Å². The number of aromatic nitrogens is 1. The van der Waals surface area contributed by atoms with Gasteiger partial charge < -0.3 is 4.74 Å². The van der Waals surface area contributed by atoms with Crippen molar-refractivity contribution in [2.45, 2.75) is 38.8 Å². The van der Waals surface area contributed by atoms with Gasteiger partial charge >= 0.3 is 0 Å². The fourth-order valence-corrected chi connectivity index (χ4v) is 4.38. The molecule has 0 radical (unpaired) electrons. The van der Waals surface area contributed by atoms with Crippen LogP contribution in [0.3, 0.4) is 0 Å². The first kappa shape index (κ1) is 18.8. The van der Waals surface area contributed by atoms with Crippen molar-refractivity contribution in [3.05, 3.63) is 54.0 Å². The van der Waals surface area contributed by atoms with Crippen molar-refractivity contribution in [1.29, 1.82) is 0 Å². The second-order valence-corrected chi connectivity index (χ2v) is 8.05. The average Bonchev–Trinajstić information content (AvgIpc) is 2.61. The zero-order chi connectivity index (χ0) is 18.6. The number of hydrogen-bond acceptors (Lipinski definition) is 4. The van der Waals surface area contributed by atoms with Gasteiger partial charge in [-0.3, -0.25) is 0 Å². The summed E-state index contributed by atoms with van der Waals surface area (Å²) in [6.07, 6.45) is 4.37. The zero-order valence-corrected chi connectivity index (χ0v) is 15.4. The molecule has 1 unspecified atom stereocenters. The smallest absolute Gasteiger partial charge is 0.279 e. The molecule has 1 aliphatic heterocycles. The van der Waals surface area contributed by atoms with Gasteiger partial charge in [0.25, 0.3) is 10.2 Å². The fourth-order valence-electron chi connectivity index (χ4n) is 2.91. The quantitative estimate of drug-likeness (QED) is 0.837. The molecule has 0 spiro atoms. The molecule has 2 aromatic rings. The summed E-state index contributed by atoms with van der Waals surface area (Å²) in [4.78, 5) is 4.14. The highest BCUT2D eigenvalue weighted by molar-refractivity contribution is 7.87. The van der Waals surface area contributed by atoms with Crippen LogP contribution in [0.15, 0.2) is 42.6 Å². The molecule has 1 saturated heterocycles. The molecule has 1 aromatic carbocycles. The van der Waals surface area contributed by atoms with Gasteiger partial charge in [-0.05, 0) is 37.5 Å². The zero-order valence-electron chi connectivity index (χ0n) is 14.6. The Labute approximate surface area is 153 Å². The van der Waals surface area contributed by atoms with E-state index in [-0.39, 0.29) is 18.4 Å². The lowest BCUT2D eigenvalue weighted by molar-refractivity contribution is 0.265. The minimum Gasteiger partial charge on any atom is -0.439 e. The summed E-state index contributed by atoms with van der Waals surface area (Å²) in [6.45, 7) is 2.63. The van der Waals surface area contributed by atoms with Crippen LogP contribution in [0.1, 0.15) is 31.7 Å². The third-order valence-corrected chi connectivity index (χ3v) is 5.99. The van der Waals surface area contributed by atoms with E-state index in [9.17, 15) is 12.8 Å². The lowest BCUT2D eigenvalue weighted by Gasteiger charge is -2.32. The van der Waals surface area contributed by atoms with Gasteiger partial charge in [0.05, 0.1) is 0 Å². The second-order valence-electron chi connectivity index (χ2n) is 6.35. The molecule has 1 aliphatic rings. The molecular weight excluding hydrogens is 357 g/mol. The fraction of sp³-hybridized carbons (Fsp3) is 0.389. The summed E-state index contributed by atoms with van der Waals surface area (Å²) in [6, 6.07) is 9.15. The first-order chi connectivity index (χ1) is 12.4. The van der Waals surface area contributed by atoms with Crippen molar-refractivity contribution in [3.8, 4) is 11.6 Å². The number of ether oxygens (including phenoxy) is 1. The molecule has 1 N–H and O–H groups in total. The first-order valence-corrected chi connectivity index (χ1v) is 10.0. The van der Waals surface area contributed by atoms with Crippen LogP contribution >= 0.6 is 0 Å². The summed E-state index contributed by atoms with van der Waals surface area (Å²) in [7, 11) is -3.51. The number of benzene rings is 1. The minimum absolute atomic E-state index is 0.0152. The summed E-state index contributed by atoms with van der Waals surface area (Å²) >= 11 is 0. The van der Waals surface area contributed by atoms with Crippen molar-refractivity contribution in [2.24, 2.45) is 0 Å². The molecule has 26 heavy (non-hydrogen) atoms. The molecule has 0 amide bonds. The summed E-state index contributed by atoms with van der Waals surface area (Å²) in [5.74, 6) is 0.275. The van der Waals surface area contributed by atoms with E-state index in [4.69, 9.17) is 4.74 Å². The Hall–Kier alpha value is -2.03. The Morgan fingerprint density at radius 3 is 2.85 bits per heavy atom. The molecule has 1 atom stereocenters. The highest BCUT2D eigenvalue weighted by atomic mass is 32.2. The highest BCUT2D eigenvalue weighted by Gasteiger charge is 2.28. The summed E-state index contributed by atoms with van der Waals surface area (Å²) in [5.41, 5.74) is 0.713. The number of nitrogens with one attached hydrogen (secondary N) is 1. The van der Waals surface area contributed by atoms with Gasteiger partial charge in [0.1, 0.15) is 11.6 Å². The largest absolute Gasteiger partial charge is 0.439 e. The molecular formula is C18H22FN3O3S. The van der Waals surface area contributed by atoms with E-state index in [1.165, 1.54) is 22.6 Å². The van der Waals surface area contributed by atoms with Gasteiger partial charge in [0.2, 0.25) is 5.88 Å². The normalized spacial score (nSPS) is 18.6. The molecule has 140 valence electrons. The Kier molecular flexibility index (Phi) is 5.85. The van der Waals surface area contributed by atoms with Crippen LogP contribution in [-0.4, -0.2) is 30.3 Å². The van der Waals surface area contributed by atoms with E-state index in [1.54, 1.807) is 24.3 Å². The van der Waals surface area contributed by atoms with Crippen LogP contribution in [0, 0.1) is 5.82 Å². The van der Waals surface area contributed by atoms with Gasteiger partial charge in [-0.2, -0.15) is 17.4 Å². The highest BCUT2D eigenvalue weighted by Crippen LogP contribution is 2.21. The maximum Gasteiger partial charge on any atom is 0.279 e. The molecule has 6 nitrogen and oxygen atoms in total. The van der Waals surface area contributed by atoms with Crippen molar-refractivity contribution in [2.75, 3.05) is 6.54 Å². The Morgan fingerprint density at radius 2 is 2.15 bits per heavy atom. The number of nitrogens with zero attached hydrogens (tertiary/aromatic N) is 2. The Morgan fingerprint density at radius 1 is 1.31 bits per heavy atom. The number of pyridine rings is 1. The van der Waals surface area contributed by atoms with Crippen LogP contribution in [0.4, 0.5) is 4.39 Å². The maximum atomic E-state index is 13.2. The molecule has 0 saturated carbocycles. The minimum atomic E-state index is -3.51. The molecule has 2 heterocycles. The predicted octanol–water partition coefficient (Wildman–Crippen LogP) is 3.22. The van der Waals surface area contributed by atoms with E-state index in [0.717, 1.165) is 19.3 Å². The van der Waals surface area contributed by atoms with Crippen molar-refractivity contribution in [1.82, 2.24) is 14.0 Å². The molecule has 8 heteroatoms. The lowest BCUT2D eigenvalue weighted by atomic mass is 10.1. The van der Waals surface area contributed by atoms with Crippen LogP contribution in [0.5, 0.6) is 11.6 Å². The van der Waals surface area contributed by atoms with Crippen molar-refractivity contribution in [3.63, 3.8) is 0 Å². The van der Waals surface area contributed by atoms with Gasteiger partial charge in [-0.25, -0.2) is 9.37 Å². The van der Waals surface area contributed by atoms with Crippen molar-refractivity contribution < 1.29 is 17.5 Å². The molecule has 0 aliphatic carbocycles. The number of rotatable bonds is 6. The molecule has 0 bridgehead atoms. The Balaban J connectivity index is 1.59. The number of piperidine rings is 1. The van der Waals surface area contributed by atoms with E-state index in [1.807, 2.05) is 6.92 Å². The molecule has 1 fully saturated rings. The van der Waals surface area contributed by atoms with E-state index < -0.39 is 10.2 Å². The predicted molar refractivity (Wildman–Crippen MR) is 96.5 cm³/mol. The number of halogens is 1. The van der Waals surface area contributed by atoms with E-state index >= 15 is 0 Å². The van der Waals surface area contributed by atoms with Gasteiger partial charge in [-0.15, -0.1) is 0 Å². The first-order valence-electron chi connectivity index (χ1n) is 8.59. The standard InChI is InChI=1S/C18H22FN3O3S/c1-14-5-2-3-10-22(14)26(23,24)21-13-15-8-9-18(20-12-15)25-17-7-4-6-16(19)11-17/h4,6-9,11-12,14,21H,2-3,5,10,13H2,1H3. The van der Waals surface area contributed by atoms with Crippen molar-refractivity contribution >= 4 is 10.2 Å². The van der Waals surface area contributed by atoms with E-state index in [0.29, 0.717) is 23.7 Å². The monoisotopic (exact) mass is 379 g/mol. The van der Waals surface area contributed by atoms with Crippen LogP contribution in [-0.2, 0) is 16.8 Å². The molecule has 3 rings (SSSR count). The van der Waals surface area contributed by atoms with Crippen LogP contribution in [0.2, 0.25) is 0 Å². The lowest BCUT2D eigenvalue weighted by Crippen LogP contribution is -2.47.